The lowest BCUT2D eigenvalue weighted by atomic mass is 10.2. The lowest BCUT2D eigenvalue weighted by Gasteiger charge is -2.26. The number of alkyl halides is 3. The summed E-state index contributed by atoms with van der Waals surface area (Å²) >= 11 is 18.2. The average molecular weight is 348 g/mol. The van der Waals surface area contributed by atoms with E-state index in [0.29, 0.717) is 10.6 Å². The molecule has 20 heavy (non-hydrogen) atoms. The zero-order chi connectivity index (χ0) is 15.0. The third kappa shape index (κ3) is 2.92. The maximum absolute atomic E-state index is 13.5. The second kappa shape index (κ2) is 5.73. The SMILES string of the molecule is Cc1ccc(P(=O)(c2cccc(C)c2)C(Cl)(Cl)Cl)cc1. The molecule has 1 atom stereocenters. The fourth-order valence-corrected chi connectivity index (χ4v) is 5.91. The Bertz CT molecular complexity index is 660. The van der Waals surface area contributed by atoms with Crippen LogP contribution in [0.15, 0.2) is 48.5 Å². The number of hydrogen-bond acceptors (Lipinski definition) is 1. The van der Waals surface area contributed by atoms with Crippen molar-refractivity contribution in [2.75, 3.05) is 0 Å². The molecule has 2 aromatic rings. The van der Waals surface area contributed by atoms with Gasteiger partial charge in [-0.3, -0.25) is 0 Å². The van der Waals surface area contributed by atoms with Crippen LogP contribution in [0.5, 0.6) is 0 Å². The normalized spacial score (nSPS) is 14.8. The van der Waals surface area contributed by atoms with E-state index in [1.807, 2.05) is 44.2 Å². The fraction of sp³-hybridized carbons (Fsp3) is 0.200. The van der Waals surface area contributed by atoms with Crippen LogP contribution in [0.1, 0.15) is 11.1 Å². The van der Waals surface area contributed by atoms with Crippen molar-refractivity contribution in [2.45, 2.75) is 17.4 Å². The molecule has 0 aliphatic rings. The average Bonchev–Trinajstić information content (AvgIpc) is 2.37. The number of halogens is 3. The summed E-state index contributed by atoms with van der Waals surface area (Å²) in [6.45, 7) is 3.87. The predicted molar refractivity (Wildman–Crippen MR) is 89.5 cm³/mol. The first-order chi connectivity index (χ1) is 9.25. The smallest absolute Gasteiger partial charge is 0.250 e. The van der Waals surface area contributed by atoms with Crippen LogP contribution in [0, 0.1) is 13.8 Å². The van der Waals surface area contributed by atoms with Crippen molar-refractivity contribution >= 4 is 52.6 Å². The third-order valence-electron chi connectivity index (χ3n) is 3.12. The van der Waals surface area contributed by atoms with Crippen molar-refractivity contribution in [1.29, 1.82) is 0 Å². The Labute approximate surface area is 134 Å². The number of rotatable bonds is 2. The van der Waals surface area contributed by atoms with Gasteiger partial charge in [0.15, 0.2) is 7.14 Å². The molecule has 0 spiro atoms. The van der Waals surface area contributed by atoms with Crippen LogP contribution in [0.3, 0.4) is 0 Å². The zero-order valence-electron chi connectivity index (χ0n) is 11.1. The van der Waals surface area contributed by atoms with Gasteiger partial charge in [-0.25, -0.2) is 0 Å². The van der Waals surface area contributed by atoms with Crippen molar-refractivity contribution < 1.29 is 4.57 Å². The van der Waals surface area contributed by atoms with Gasteiger partial charge < -0.3 is 4.57 Å². The van der Waals surface area contributed by atoms with Crippen LogP contribution in [0.2, 0.25) is 0 Å². The molecule has 0 bridgehead atoms. The Hall–Kier alpha value is -0.460. The fourth-order valence-electron chi connectivity index (χ4n) is 2.02. The van der Waals surface area contributed by atoms with Crippen molar-refractivity contribution in [2.24, 2.45) is 0 Å². The summed E-state index contributed by atoms with van der Waals surface area (Å²) < 4.78 is 11.6. The van der Waals surface area contributed by atoms with Gasteiger partial charge in [0.1, 0.15) is 0 Å². The van der Waals surface area contributed by atoms with Gasteiger partial charge in [0, 0.05) is 10.6 Å². The summed E-state index contributed by atoms with van der Waals surface area (Å²) in [7, 11) is -3.36. The standard InChI is InChI=1S/C15H14Cl3OP/c1-11-6-8-13(9-7-11)20(19,15(16,17)18)14-5-3-4-12(2)10-14/h3-10H,1-2H3. The second-order valence-electron chi connectivity index (χ2n) is 4.75. The molecule has 0 fully saturated rings. The van der Waals surface area contributed by atoms with Gasteiger partial charge in [-0.05, 0) is 19.9 Å². The number of hydrogen-bond donors (Lipinski definition) is 0. The lowest BCUT2D eigenvalue weighted by Crippen LogP contribution is -2.25. The minimum absolute atomic E-state index is 0.550. The van der Waals surface area contributed by atoms with E-state index in [4.69, 9.17) is 34.8 Å². The molecule has 106 valence electrons. The molecule has 0 N–H and O–H groups in total. The molecule has 1 nitrogen and oxygen atoms in total. The maximum Gasteiger partial charge on any atom is 0.250 e. The van der Waals surface area contributed by atoms with Crippen molar-refractivity contribution in [3.63, 3.8) is 0 Å². The van der Waals surface area contributed by atoms with E-state index in [1.165, 1.54) is 0 Å². The minimum Gasteiger partial charge on any atom is -0.309 e. The molecule has 0 heterocycles. The quantitative estimate of drug-likeness (QED) is 0.555. The van der Waals surface area contributed by atoms with Gasteiger partial charge in [0.25, 0.3) is 3.53 Å². The van der Waals surface area contributed by atoms with E-state index in [0.717, 1.165) is 11.1 Å². The first-order valence-electron chi connectivity index (χ1n) is 6.06. The summed E-state index contributed by atoms with van der Waals surface area (Å²) in [6.07, 6.45) is 0. The highest BCUT2D eigenvalue weighted by Crippen LogP contribution is 2.63. The van der Waals surface area contributed by atoms with Gasteiger partial charge >= 0.3 is 0 Å². The number of benzene rings is 2. The van der Waals surface area contributed by atoms with Gasteiger partial charge in [-0.1, -0.05) is 88.4 Å². The van der Waals surface area contributed by atoms with Crippen molar-refractivity contribution in [3.8, 4) is 0 Å². The topological polar surface area (TPSA) is 17.1 Å². The Morgan fingerprint density at radius 1 is 0.850 bits per heavy atom. The molecular formula is C15H14Cl3OP. The summed E-state index contributed by atoms with van der Waals surface area (Å²) in [4.78, 5) is 0. The minimum atomic E-state index is -3.36. The second-order valence-corrected chi connectivity index (χ2v) is 10.7. The van der Waals surface area contributed by atoms with Crippen molar-refractivity contribution in [1.82, 2.24) is 0 Å². The van der Waals surface area contributed by atoms with Crippen LogP contribution < -0.4 is 10.6 Å². The summed E-state index contributed by atoms with van der Waals surface area (Å²) in [5, 5.41) is 1.11. The van der Waals surface area contributed by atoms with Gasteiger partial charge in [-0.2, -0.15) is 0 Å². The van der Waals surface area contributed by atoms with Crippen LogP contribution in [0.25, 0.3) is 0 Å². The Morgan fingerprint density at radius 3 is 1.95 bits per heavy atom. The third-order valence-corrected chi connectivity index (χ3v) is 8.01. The molecule has 0 radical (unpaired) electrons. The van der Waals surface area contributed by atoms with Crippen LogP contribution in [-0.4, -0.2) is 3.53 Å². The van der Waals surface area contributed by atoms with E-state index in [-0.39, 0.29) is 0 Å². The van der Waals surface area contributed by atoms with E-state index in [2.05, 4.69) is 0 Å². The summed E-state index contributed by atoms with van der Waals surface area (Å²) in [5.41, 5.74) is 2.04. The molecule has 5 heteroatoms. The largest absolute Gasteiger partial charge is 0.309 e. The molecule has 2 rings (SSSR count). The first kappa shape index (κ1) is 15.9. The number of aryl methyl sites for hydroxylation is 2. The monoisotopic (exact) mass is 346 g/mol. The Balaban J connectivity index is 2.70. The van der Waals surface area contributed by atoms with E-state index >= 15 is 0 Å². The Morgan fingerprint density at radius 2 is 1.45 bits per heavy atom. The van der Waals surface area contributed by atoms with Gasteiger partial charge in [-0.15, -0.1) is 0 Å². The molecule has 0 aromatic heterocycles. The highest BCUT2D eigenvalue weighted by molar-refractivity contribution is 7.84. The lowest BCUT2D eigenvalue weighted by molar-refractivity contribution is 0.587. The molecule has 0 amide bonds. The van der Waals surface area contributed by atoms with Crippen LogP contribution in [-0.2, 0) is 4.57 Å². The van der Waals surface area contributed by atoms with Crippen LogP contribution >= 0.6 is 41.9 Å². The molecule has 2 aromatic carbocycles. The highest BCUT2D eigenvalue weighted by atomic mass is 35.6. The van der Waals surface area contributed by atoms with E-state index < -0.39 is 10.7 Å². The summed E-state index contributed by atoms with van der Waals surface area (Å²) in [5.74, 6) is 0. The van der Waals surface area contributed by atoms with E-state index in [1.54, 1.807) is 18.2 Å². The molecule has 0 aliphatic heterocycles. The van der Waals surface area contributed by atoms with Crippen LogP contribution in [0.4, 0.5) is 0 Å². The zero-order valence-corrected chi connectivity index (χ0v) is 14.3. The molecule has 1 unspecified atom stereocenters. The van der Waals surface area contributed by atoms with E-state index in [9.17, 15) is 4.57 Å². The van der Waals surface area contributed by atoms with Gasteiger partial charge in [0.05, 0.1) is 0 Å². The predicted octanol–water partition coefficient (Wildman–Crippen LogP) is 4.95. The Kier molecular flexibility index (Phi) is 4.56. The highest BCUT2D eigenvalue weighted by Gasteiger charge is 2.46. The summed E-state index contributed by atoms with van der Waals surface area (Å²) in [6, 6.07) is 14.6. The first-order valence-corrected chi connectivity index (χ1v) is 8.90. The van der Waals surface area contributed by atoms with Crippen molar-refractivity contribution in [3.05, 3.63) is 59.7 Å². The van der Waals surface area contributed by atoms with Gasteiger partial charge in [0.2, 0.25) is 0 Å². The molecular weight excluding hydrogens is 333 g/mol. The molecule has 0 saturated carbocycles. The maximum atomic E-state index is 13.5. The molecule has 0 saturated heterocycles. The molecule has 0 aliphatic carbocycles.